The summed E-state index contributed by atoms with van der Waals surface area (Å²) in [5.41, 5.74) is 0.937. The molecule has 4 heteroatoms. The lowest BCUT2D eigenvalue weighted by molar-refractivity contribution is -0.0164. The van der Waals surface area contributed by atoms with Gasteiger partial charge in [-0.25, -0.2) is 9.59 Å². The van der Waals surface area contributed by atoms with E-state index in [4.69, 9.17) is 9.47 Å². The molecule has 2 atom stereocenters. The molecule has 4 nitrogen and oxygen atoms in total. The van der Waals surface area contributed by atoms with E-state index < -0.39 is 24.1 Å². The van der Waals surface area contributed by atoms with Gasteiger partial charge in [-0.2, -0.15) is 0 Å². The highest BCUT2D eigenvalue weighted by Gasteiger charge is 2.31. The van der Waals surface area contributed by atoms with Crippen LogP contribution in [0.15, 0.2) is 72.8 Å². The Balaban J connectivity index is 1.58. The first-order chi connectivity index (χ1) is 10.7. The molecule has 22 heavy (non-hydrogen) atoms. The average Bonchev–Trinajstić information content (AvgIpc) is 2.57. The second-order valence-corrected chi connectivity index (χ2v) is 4.86. The fraction of sp³-hybridized carbons (Fsp3) is 0.111. The maximum Gasteiger partial charge on any atom is 0.338 e. The van der Waals surface area contributed by atoms with Gasteiger partial charge in [-0.3, -0.25) is 0 Å². The van der Waals surface area contributed by atoms with Gasteiger partial charge in [0.2, 0.25) is 0 Å². The summed E-state index contributed by atoms with van der Waals surface area (Å²) in [5, 5.41) is 0. The molecule has 0 aliphatic heterocycles. The number of hydrogen-bond acceptors (Lipinski definition) is 4. The van der Waals surface area contributed by atoms with Crippen molar-refractivity contribution < 1.29 is 19.1 Å². The van der Waals surface area contributed by atoms with Crippen molar-refractivity contribution in [3.05, 3.63) is 83.9 Å². The first kappa shape index (κ1) is 14.1. The van der Waals surface area contributed by atoms with E-state index in [2.05, 4.69) is 0 Å². The van der Waals surface area contributed by atoms with Gasteiger partial charge in [0.1, 0.15) is 0 Å². The van der Waals surface area contributed by atoms with Crippen LogP contribution in [0.3, 0.4) is 0 Å². The predicted octanol–water partition coefficient (Wildman–Crippen LogP) is 3.01. The second-order valence-electron chi connectivity index (χ2n) is 4.86. The quantitative estimate of drug-likeness (QED) is 0.642. The molecule has 2 aromatic carbocycles. The summed E-state index contributed by atoms with van der Waals surface area (Å²) >= 11 is 0. The molecule has 0 saturated carbocycles. The monoisotopic (exact) mass is 294 g/mol. The van der Waals surface area contributed by atoms with Crippen LogP contribution in [0.5, 0.6) is 0 Å². The number of benzene rings is 2. The third kappa shape index (κ3) is 3.06. The van der Waals surface area contributed by atoms with E-state index in [1.54, 1.807) is 60.7 Å². The van der Waals surface area contributed by atoms with Gasteiger partial charge in [0.05, 0.1) is 11.1 Å². The molecule has 110 valence electrons. The summed E-state index contributed by atoms with van der Waals surface area (Å²) in [6.07, 6.45) is 2.31. The molecule has 2 aromatic rings. The molecule has 0 radical (unpaired) electrons. The molecule has 0 bridgehead atoms. The fourth-order valence-electron chi connectivity index (χ4n) is 2.04. The molecule has 3 rings (SSSR count). The fourth-order valence-corrected chi connectivity index (χ4v) is 2.04. The Kier molecular flexibility index (Phi) is 4.01. The molecule has 0 aromatic heterocycles. The lowest BCUT2D eigenvalue weighted by atomic mass is 10.0. The Hall–Kier alpha value is -2.88. The molecule has 0 heterocycles. The van der Waals surface area contributed by atoms with Crippen LogP contribution >= 0.6 is 0 Å². The lowest BCUT2D eigenvalue weighted by Gasteiger charge is -2.28. The zero-order chi connectivity index (χ0) is 15.4. The van der Waals surface area contributed by atoms with Crippen LogP contribution in [0.2, 0.25) is 0 Å². The predicted molar refractivity (Wildman–Crippen MR) is 80.4 cm³/mol. The summed E-state index contributed by atoms with van der Waals surface area (Å²) in [6.45, 7) is 0. The maximum atomic E-state index is 12.0. The van der Waals surface area contributed by atoms with Gasteiger partial charge in [-0.15, -0.1) is 0 Å². The van der Waals surface area contributed by atoms with E-state index in [-0.39, 0.29) is 0 Å². The molecule has 0 unspecified atom stereocenters. The van der Waals surface area contributed by atoms with Crippen LogP contribution in [-0.2, 0) is 9.47 Å². The number of carbonyl (C=O) groups is 2. The minimum atomic E-state index is -0.541. The van der Waals surface area contributed by atoms with Crippen LogP contribution in [-0.4, -0.2) is 24.1 Å². The SMILES string of the molecule is O=C(O[C@H]1C=C[C@H]1OC(=O)c1ccccc1)c1ccccc1. The van der Waals surface area contributed by atoms with Crippen LogP contribution in [0, 0.1) is 0 Å². The minimum absolute atomic E-state index is 0.435. The van der Waals surface area contributed by atoms with Gasteiger partial charge in [-0.1, -0.05) is 36.4 Å². The third-order valence-corrected chi connectivity index (χ3v) is 3.32. The standard InChI is InChI=1S/C18H14O4/c19-17(13-7-3-1-4-8-13)21-15-11-12-16(15)22-18(20)14-9-5-2-6-10-14/h1-12,15-16H/t15-,16+. The summed E-state index contributed by atoms with van der Waals surface area (Å²) in [5.74, 6) is -0.869. The molecule has 0 fully saturated rings. The number of rotatable bonds is 4. The van der Waals surface area contributed by atoms with Crippen LogP contribution in [0.4, 0.5) is 0 Å². The van der Waals surface area contributed by atoms with Gasteiger partial charge < -0.3 is 9.47 Å². The van der Waals surface area contributed by atoms with E-state index in [0.29, 0.717) is 11.1 Å². The van der Waals surface area contributed by atoms with Crippen LogP contribution in [0.25, 0.3) is 0 Å². The summed E-state index contributed by atoms with van der Waals surface area (Å²) in [6, 6.07) is 17.4. The molecule has 1 aliphatic carbocycles. The van der Waals surface area contributed by atoms with Crippen molar-refractivity contribution in [2.75, 3.05) is 0 Å². The van der Waals surface area contributed by atoms with Crippen molar-refractivity contribution in [3.8, 4) is 0 Å². The van der Waals surface area contributed by atoms with Crippen molar-refractivity contribution in [1.82, 2.24) is 0 Å². The van der Waals surface area contributed by atoms with Crippen LogP contribution < -0.4 is 0 Å². The van der Waals surface area contributed by atoms with E-state index in [0.717, 1.165) is 0 Å². The van der Waals surface area contributed by atoms with Crippen molar-refractivity contribution >= 4 is 11.9 Å². The number of ether oxygens (including phenoxy) is 2. The minimum Gasteiger partial charge on any atom is -0.450 e. The Morgan fingerprint density at radius 3 is 1.32 bits per heavy atom. The normalized spacial score (nSPS) is 19.1. The van der Waals surface area contributed by atoms with E-state index in [9.17, 15) is 9.59 Å². The number of esters is 2. The zero-order valence-corrected chi connectivity index (χ0v) is 11.7. The highest BCUT2D eigenvalue weighted by molar-refractivity contribution is 5.90. The summed E-state index contributed by atoms with van der Waals surface area (Å²) < 4.78 is 10.6. The summed E-state index contributed by atoms with van der Waals surface area (Å²) in [7, 11) is 0. The Labute approximate surface area is 128 Å². The van der Waals surface area contributed by atoms with Crippen molar-refractivity contribution in [2.24, 2.45) is 0 Å². The first-order valence-corrected chi connectivity index (χ1v) is 6.94. The van der Waals surface area contributed by atoms with E-state index >= 15 is 0 Å². The topological polar surface area (TPSA) is 52.6 Å². The van der Waals surface area contributed by atoms with E-state index in [1.807, 2.05) is 12.1 Å². The van der Waals surface area contributed by atoms with Crippen molar-refractivity contribution in [3.63, 3.8) is 0 Å². The zero-order valence-electron chi connectivity index (χ0n) is 11.7. The van der Waals surface area contributed by atoms with Crippen molar-refractivity contribution in [1.29, 1.82) is 0 Å². The highest BCUT2D eigenvalue weighted by Crippen LogP contribution is 2.20. The molecular weight excluding hydrogens is 280 g/mol. The van der Waals surface area contributed by atoms with Gasteiger partial charge in [-0.05, 0) is 36.4 Å². The molecule has 0 saturated heterocycles. The molecule has 0 N–H and O–H groups in total. The molecule has 0 amide bonds. The van der Waals surface area contributed by atoms with Gasteiger partial charge >= 0.3 is 11.9 Å². The van der Waals surface area contributed by atoms with Gasteiger partial charge in [0.25, 0.3) is 0 Å². The number of carbonyl (C=O) groups excluding carboxylic acids is 2. The first-order valence-electron chi connectivity index (χ1n) is 6.94. The lowest BCUT2D eigenvalue weighted by Crippen LogP contribution is -2.38. The van der Waals surface area contributed by atoms with Crippen molar-refractivity contribution in [2.45, 2.75) is 12.2 Å². The largest absolute Gasteiger partial charge is 0.450 e. The van der Waals surface area contributed by atoms with Crippen LogP contribution in [0.1, 0.15) is 20.7 Å². The Morgan fingerprint density at radius 2 is 1.00 bits per heavy atom. The highest BCUT2D eigenvalue weighted by atomic mass is 16.6. The molecular formula is C18H14O4. The van der Waals surface area contributed by atoms with Gasteiger partial charge in [0, 0.05) is 0 Å². The number of hydrogen-bond donors (Lipinski definition) is 0. The average molecular weight is 294 g/mol. The smallest absolute Gasteiger partial charge is 0.338 e. The molecule has 0 spiro atoms. The van der Waals surface area contributed by atoms with E-state index in [1.165, 1.54) is 0 Å². The maximum absolute atomic E-state index is 12.0. The Morgan fingerprint density at radius 1 is 0.636 bits per heavy atom. The Bertz CT molecular complexity index is 630. The third-order valence-electron chi connectivity index (χ3n) is 3.32. The van der Waals surface area contributed by atoms with Gasteiger partial charge in [0.15, 0.2) is 12.2 Å². The molecule has 1 aliphatic rings. The summed E-state index contributed by atoms with van der Waals surface area (Å²) in [4.78, 5) is 23.9. The second kappa shape index (κ2) is 6.26.